The Labute approximate surface area is 105 Å². The number of piperidine rings is 1. The molecule has 1 atom stereocenters. The summed E-state index contributed by atoms with van der Waals surface area (Å²) in [7, 11) is 0. The lowest BCUT2D eigenvalue weighted by Crippen LogP contribution is -2.39. The fraction of sp³-hybridized carbons (Fsp3) is 0.462. The molecule has 1 aliphatic heterocycles. The van der Waals surface area contributed by atoms with Crippen molar-refractivity contribution in [3.05, 3.63) is 29.6 Å². The van der Waals surface area contributed by atoms with E-state index in [1.165, 1.54) is 18.5 Å². The molecule has 0 saturated carbocycles. The van der Waals surface area contributed by atoms with Gasteiger partial charge in [0.25, 0.3) is 5.91 Å². The number of hydrogen-bond donors (Lipinski definition) is 1. The molecule has 1 unspecified atom stereocenters. The molecule has 0 aromatic carbocycles. The maximum Gasteiger partial charge on any atom is 0.338 e. The second-order valence-electron chi connectivity index (χ2n) is 4.72. The summed E-state index contributed by atoms with van der Waals surface area (Å²) in [6, 6.07) is 1.48. The van der Waals surface area contributed by atoms with Crippen molar-refractivity contribution in [3.63, 3.8) is 0 Å². The molecule has 0 spiro atoms. The number of rotatable bonds is 2. The number of carboxylic acid groups (broad SMARTS) is 1. The van der Waals surface area contributed by atoms with E-state index in [1.54, 1.807) is 4.90 Å². The first-order chi connectivity index (χ1) is 8.59. The molecular weight excluding hydrogens is 232 g/mol. The molecule has 5 nitrogen and oxygen atoms in total. The molecule has 0 radical (unpaired) electrons. The molecule has 96 valence electrons. The minimum Gasteiger partial charge on any atom is -0.478 e. The van der Waals surface area contributed by atoms with Gasteiger partial charge in [-0.05, 0) is 24.8 Å². The first kappa shape index (κ1) is 12.5. The van der Waals surface area contributed by atoms with Gasteiger partial charge in [-0.3, -0.25) is 9.78 Å². The Morgan fingerprint density at radius 2 is 2.22 bits per heavy atom. The lowest BCUT2D eigenvalue weighted by molar-refractivity contribution is 0.0647. The molecule has 0 bridgehead atoms. The van der Waals surface area contributed by atoms with Crippen LogP contribution in [0.1, 0.15) is 40.5 Å². The van der Waals surface area contributed by atoms with Crippen LogP contribution in [0.4, 0.5) is 0 Å². The van der Waals surface area contributed by atoms with Gasteiger partial charge in [0.1, 0.15) is 0 Å². The number of hydrogen-bond acceptors (Lipinski definition) is 3. The van der Waals surface area contributed by atoms with Gasteiger partial charge in [0.15, 0.2) is 0 Å². The number of amides is 1. The summed E-state index contributed by atoms with van der Waals surface area (Å²) in [6.45, 7) is 3.49. The van der Waals surface area contributed by atoms with Crippen LogP contribution in [0.25, 0.3) is 0 Å². The van der Waals surface area contributed by atoms with Crippen LogP contribution < -0.4 is 0 Å². The molecule has 1 saturated heterocycles. The summed E-state index contributed by atoms with van der Waals surface area (Å²) < 4.78 is 0. The van der Waals surface area contributed by atoms with Gasteiger partial charge in [-0.2, -0.15) is 0 Å². The molecule has 2 rings (SSSR count). The predicted octanol–water partition coefficient (Wildman–Crippen LogP) is 1.65. The van der Waals surface area contributed by atoms with Gasteiger partial charge in [-0.15, -0.1) is 0 Å². The molecule has 0 aliphatic carbocycles. The number of carboxylic acids is 1. The predicted molar refractivity (Wildman–Crippen MR) is 65.5 cm³/mol. The standard InChI is InChI=1S/C13H16N2O3/c1-9-3-2-6-15(8-9)12(16)10-4-5-14-7-11(10)13(17)18/h4-5,7,9H,2-3,6,8H2,1H3,(H,17,18). The van der Waals surface area contributed by atoms with Crippen molar-refractivity contribution in [2.75, 3.05) is 13.1 Å². The number of likely N-dealkylation sites (tertiary alicyclic amines) is 1. The van der Waals surface area contributed by atoms with Crippen LogP contribution >= 0.6 is 0 Å². The van der Waals surface area contributed by atoms with E-state index in [1.807, 2.05) is 0 Å². The number of aromatic nitrogens is 1. The fourth-order valence-corrected chi connectivity index (χ4v) is 2.30. The highest BCUT2D eigenvalue weighted by Gasteiger charge is 2.25. The molecule has 18 heavy (non-hydrogen) atoms. The molecule has 1 aromatic heterocycles. The highest BCUT2D eigenvalue weighted by molar-refractivity contribution is 6.04. The van der Waals surface area contributed by atoms with Gasteiger partial charge in [-0.25, -0.2) is 4.79 Å². The molecule has 2 heterocycles. The minimum absolute atomic E-state index is 0.0271. The van der Waals surface area contributed by atoms with Gasteiger partial charge in [0.2, 0.25) is 0 Å². The largest absolute Gasteiger partial charge is 0.478 e. The average molecular weight is 248 g/mol. The van der Waals surface area contributed by atoms with E-state index in [4.69, 9.17) is 5.11 Å². The van der Waals surface area contributed by atoms with Gasteiger partial charge < -0.3 is 10.0 Å². The van der Waals surface area contributed by atoms with Crippen molar-refractivity contribution in [2.45, 2.75) is 19.8 Å². The van der Waals surface area contributed by atoms with Crippen LogP contribution in [0.15, 0.2) is 18.5 Å². The summed E-state index contributed by atoms with van der Waals surface area (Å²) in [4.78, 5) is 28.9. The molecule has 1 N–H and O–H groups in total. The Bertz CT molecular complexity index is 473. The third kappa shape index (κ3) is 2.50. The Hall–Kier alpha value is -1.91. The maximum atomic E-state index is 12.3. The van der Waals surface area contributed by atoms with Crippen molar-refractivity contribution < 1.29 is 14.7 Å². The number of pyridine rings is 1. The van der Waals surface area contributed by atoms with E-state index < -0.39 is 5.97 Å². The van der Waals surface area contributed by atoms with E-state index in [0.717, 1.165) is 12.8 Å². The molecule has 1 aromatic rings. The van der Waals surface area contributed by atoms with Crippen molar-refractivity contribution in [3.8, 4) is 0 Å². The highest BCUT2D eigenvalue weighted by atomic mass is 16.4. The SMILES string of the molecule is CC1CCCN(C(=O)c2ccncc2C(=O)O)C1. The fourth-order valence-electron chi connectivity index (χ4n) is 2.30. The Balaban J connectivity index is 2.25. The molecule has 5 heteroatoms. The average Bonchev–Trinajstić information content (AvgIpc) is 2.38. The van der Waals surface area contributed by atoms with Crippen molar-refractivity contribution in [1.82, 2.24) is 9.88 Å². The quantitative estimate of drug-likeness (QED) is 0.864. The lowest BCUT2D eigenvalue weighted by Gasteiger charge is -2.31. The topological polar surface area (TPSA) is 70.5 Å². The van der Waals surface area contributed by atoms with Gasteiger partial charge >= 0.3 is 5.97 Å². The molecule has 1 aliphatic rings. The maximum absolute atomic E-state index is 12.3. The zero-order chi connectivity index (χ0) is 13.1. The van der Waals surface area contributed by atoms with E-state index in [-0.39, 0.29) is 17.0 Å². The minimum atomic E-state index is -1.11. The highest BCUT2D eigenvalue weighted by Crippen LogP contribution is 2.19. The Morgan fingerprint density at radius 1 is 1.44 bits per heavy atom. The summed E-state index contributed by atoms with van der Waals surface area (Å²) in [5, 5.41) is 9.05. The summed E-state index contributed by atoms with van der Waals surface area (Å²) in [5.74, 6) is -0.851. The van der Waals surface area contributed by atoms with Crippen molar-refractivity contribution >= 4 is 11.9 Å². The molecular formula is C13H16N2O3. The van der Waals surface area contributed by atoms with Crippen molar-refractivity contribution in [1.29, 1.82) is 0 Å². The van der Waals surface area contributed by atoms with E-state index in [2.05, 4.69) is 11.9 Å². The summed E-state index contributed by atoms with van der Waals surface area (Å²) in [5.41, 5.74) is 0.201. The van der Waals surface area contributed by atoms with E-state index >= 15 is 0 Å². The first-order valence-electron chi connectivity index (χ1n) is 6.06. The second kappa shape index (κ2) is 5.16. The van der Waals surface area contributed by atoms with Gasteiger partial charge in [-0.1, -0.05) is 6.92 Å². The van der Waals surface area contributed by atoms with Crippen LogP contribution in [0.5, 0.6) is 0 Å². The van der Waals surface area contributed by atoms with Crippen LogP contribution in [-0.4, -0.2) is 40.0 Å². The monoisotopic (exact) mass is 248 g/mol. The Kier molecular flexibility index (Phi) is 3.60. The number of nitrogens with zero attached hydrogens (tertiary/aromatic N) is 2. The lowest BCUT2D eigenvalue weighted by atomic mass is 9.99. The number of aromatic carboxylic acids is 1. The van der Waals surface area contributed by atoms with Crippen LogP contribution in [-0.2, 0) is 0 Å². The number of carbonyl (C=O) groups excluding carboxylic acids is 1. The zero-order valence-electron chi connectivity index (χ0n) is 10.3. The normalized spacial score (nSPS) is 19.6. The van der Waals surface area contributed by atoms with Gasteiger partial charge in [0, 0.05) is 25.5 Å². The summed E-state index contributed by atoms with van der Waals surface area (Å²) in [6.07, 6.45) is 4.77. The van der Waals surface area contributed by atoms with Crippen LogP contribution in [0.3, 0.4) is 0 Å². The van der Waals surface area contributed by atoms with E-state index in [9.17, 15) is 9.59 Å². The number of carbonyl (C=O) groups is 2. The van der Waals surface area contributed by atoms with Gasteiger partial charge in [0.05, 0.1) is 11.1 Å². The third-order valence-corrected chi connectivity index (χ3v) is 3.23. The Morgan fingerprint density at radius 3 is 2.89 bits per heavy atom. The van der Waals surface area contributed by atoms with E-state index in [0.29, 0.717) is 19.0 Å². The zero-order valence-corrected chi connectivity index (χ0v) is 10.3. The smallest absolute Gasteiger partial charge is 0.338 e. The van der Waals surface area contributed by atoms with Crippen molar-refractivity contribution in [2.24, 2.45) is 5.92 Å². The van der Waals surface area contributed by atoms with Crippen LogP contribution in [0.2, 0.25) is 0 Å². The third-order valence-electron chi connectivity index (χ3n) is 3.23. The molecule has 1 amide bonds. The van der Waals surface area contributed by atoms with Crippen LogP contribution in [0, 0.1) is 5.92 Å². The summed E-state index contributed by atoms with van der Waals surface area (Å²) >= 11 is 0. The molecule has 1 fully saturated rings. The second-order valence-corrected chi connectivity index (χ2v) is 4.72. The first-order valence-corrected chi connectivity index (χ1v) is 6.06.